The molecule has 0 atom stereocenters. The van der Waals surface area contributed by atoms with Crippen LogP contribution in [0.3, 0.4) is 0 Å². The highest BCUT2D eigenvalue weighted by Crippen LogP contribution is 2.17. The Morgan fingerprint density at radius 1 is 1.29 bits per heavy atom. The first-order valence-electron chi connectivity index (χ1n) is 5.68. The minimum Gasteiger partial charge on any atom is -0.461 e. The molecule has 0 amide bonds. The van der Waals surface area contributed by atoms with Crippen LogP contribution >= 0.6 is 0 Å². The van der Waals surface area contributed by atoms with Crippen LogP contribution in [0.2, 0.25) is 0 Å². The summed E-state index contributed by atoms with van der Waals surface area (Å²) in [5, 5.41) is 6.57. The van der Waals surface area contributed by atoms with Gasteiger partial charge in [0.15, 0.2) is 12.0 Å². The maximum absolute atomic E-state index is 11.4. The van der Waals surface area contributed by atoms with Crippen LogP contribution in [0.4, 0.5) is 0 Å². The fourth-order valence-electron chi connectivity index (χ4n) is 1.30. The minimum absolute atomic E-state index is 0.228. The van der Waals surface area contributed by atoms with E-state index in [0.29, 0.717) is 25.5 Å². The van der Waals surface area contributed by atoms with Crippen LogP contribution in [0.5, 0.6) is 0 Å². The van der Waals surface area contributed by atoms with Gasteiger partial charge in [-0.1, -0.05) is 0 Å². The molecule has 1 rings (SSSR count). The van der Waals surface area contributed by atoms with Crippen molar-refractivity contribution in [1.82, 2.24) is 10.2 Å². The van der Waals surface area contributed by atoms with Crippen LogP contribution in [-0.2, 0) is 14.2 Å². The van der Waals surface area contributed by atoms with Crippen LogP contribution in [-0.4, -0.2) is 36.0 Å². The lowest BCUT2D eigenvalue weighted by molar-refractivity contribution is -0.142. The smallest absolute Gasteiger partial charge is 0.358 e. The fraction of sp³-hybridized carbons (Fsp3) is 0.636. The highest BCUT2D eigenvalue weighted by molar-refractivity contribution is 5.87. The molecule has 0 spiro atoms. The zero-order chi connectivity index (χ0) is 12.7. The molecule has 0 aliphatic carbocycles. The molecule has 0 aromatic carbocycles. The van der Waals surface area contributed by atoms with Crippen LogP contribution < -0.4 is 0 Å². The quantitative estimate of drug-likeness (QED) is 0.581. The monoisotopic (exact) mass is 242 g/mol. The molecule has 0 saturated heterocycles. The van der Waals surface area contributed by atoms with Gasteiger partial charge in [0.25, 0.3) is 0 Å². The number of esters is 1. The van der Waals surface area contributed by atoms with Gasteiger partial charge < -0.3 is 14.2 Å². The van der Waals surface area contributed by atoms with Gasteiger partial charge in [-0.3, -0.25) is 5.10 Å². The van der Waals surface area contributed by atoms with E-state index in [4.69, 9.17) is 14.2 Å². The minimum atomic E-state index is -0.527. The lowest BCUT2D eigenvalue weighted by atomic mass is 10.3. The maximum Gasteiger partial charge on any atom is 0.358 e. The molecule has 17 heavy (non-hydrogen) atoms. The summed E-state index contributed by atoms with van der Waals surface area (Å²) >= 11 is 0. The molecule has 0 fully saturated rings. The van der Waals surface area contributed by atoms with Crippen molar-refractivity contribution in [3.8, 4) is 0 Å². The van der Waals surface area contributed by atoms with Gasteiger partial charge in [-0.25, -0.2) is 4.79 Å². The van der Waals surface area contributed by atoms with E-state index in [9.17, 15) is 4.79 Å². The second kappa shape index (κ2) is 7.03. The Bertz CT molecular complexity index is 345. The van der Waals surface area contributed by atoms with Gasteiger partial charge in [0.2, 0.25) is 0 Å². The van der Waals surface area contributed by atoms with Crippen LogP contribution in [0.1, 0.15) is 43.2 Å². The van der Waals surface area contributed by atoms with E-state index in [1.54, 1.807) is 13.0 Å². The SMILES string of the molecule is CCOC(=O)c1cc(C(OCC)OCC)[nH]n1. The number of aromatic nitrogens is 2. The second-order valence-corrected chi connectivity index (χ2v) is 3.17. The van der Waals surface area contributed by atoms with Crippen molar-refractivity contribution in [3.63, 3.8) is 0 Å². The summed E-state index contributed by atoms with van der Waals surface area (Å²) in [4.78, 5) is 11.4. The molecular weight excluding hydrogens is 224 g/mol. The molecule has 0 unspecified atom stereocenters. The highest BCUT2D eigenvalue weighted by Gasteiger charge is 2.18. The highest BCUT2D eigenvalue weighted by atomic mass is 16.7. The number of carbonyl (C=O) groups is 1. The van der Waals surface area contributed by atoms with Gasteiger partial charge in [-0.2, -0.15) is 5.10 Å². The number of nitrogens with zero attached hydrogens (tertiary/aromatic N) is 1. The Morgan fingerprint density at radius 3 is 2.47 bits per heavy atom. The molecule has 0 aliphatic rings. The molecule has 1 N–H and O–H groups in total. The number of rotatable bonds is 7. The van der Waals surface area contributed by atoms with E-state index >= 15 is 0 Å². The lowest BCUT2D eigenvalue weighted by Crippen LogP contribution is -2.09. The summed E-state index contributed by atoms with van der Waals surface area (Å²) in [6.45, 7) is 6.83. The molecule has 6 nitrogen and oxygen atoms in total. The van der Waals surface area contributed by atoms with E-state index in [1.807, 2.05) is 13.8 Å². The van der Waals surface area contributed by atoms with Crippen LogP contribution in [0.25, 0.3) is 0 Å². The Morgan fingerprint density at radius 2 is 1.94 bits per heavy atom. The average Bonchev–Trinajstić information content (AvgIpc) is 2.78. The van der Waals surface area contributed by atoms with Crippen molar-refractivity contribution in [2.45, 2.75) is 27.1 Å². The lowest BCUT2D eigenvalue weighted by Gasteiger charge is -2.14. The first kappa shape index (κ1) is 13.7. The van der Waals surface area contributed by atoms with Crippen LogP contribution in [0, 0.1) is 0 Å². The number of H-pyrrole nitrogens is 1. The number of hydrogen-bond acceptors (Lipinski definition) is 5. The van der Waals surface area contributed by atoms with Gasteiger partial charge in [0, 0.05) is 13.2 Å². The molecule has 0 radical (unpaired) electrons. The van der Waals surface area contributed by atoms with Crippen molar-refractivity contribution in [3.05, 3.63) is 17.5 Å². The summed E-state index contributed by atoms with van der Waals surface area (Å²) < 4.78 is 15.6. The van der Waals surface area contributed by atoms with E-state index in [0.717, 1.165) is 0 Å². The zero-order valence-electron chi connectivity index (χ0n) is 10.4. The Labute approximate surface area is 100 Å². The van der Waals surface area contributed by atoms with E-state index in [-0.39, 0.29) is 5.69 Å². The third kappa shape index (κ3) is 3.83. The third-order valence-electron chi connectivity index (χ3n) is 1.97. The Kier molecular flexibility index (Phi) is 5.65. The molecule has 6 heteroatoms. The predicted molar refractivity (Wildman–Crippen MR) is 60.5 cm³/mol. The van der Waals surface area contributed by atoms with Gasteiger partial charge in [0.05, 0.1) is 12.3 Å². The molecule has 0 aliphatic heterocycles. The summed E-state index contributed by atoms with van der Waals surface area (Å²) in [6.07, 6.45) is -0.527. The van der Waals surface area contributed by atoms with Gasteiger partial charge >= 0.3 is 5.97 Å². The number of aromatic amines is 1. The zero-order valence-corrected chi connectivity index (χ0v) is 10.4. The van der Waals surface area contributed by atoms with E-state index in [1.165, 1.54) is 0 Å². The Balaban J connectivity index is 2.73. The van der Waals surface area contributed by atoms with Gasteiger partial charge in [-0.15, -0.1) is 0 Å². The van der Waals surface area contributed by atoms with Gasteiger partial charge in [-0.05, 0) is 26.8 Å². The number of carbonyl (C=O) groups excluding carboxylic acids is 1. The number of hydrogen-bond donors (Lipinski definition) is 1. The fourth-order valence-corrected chi connectivity index (χ4v) is 1.30. The third-order valence-corrected chi connectivity index (χ3v) is 1.97. The van der Waals surface area contributed by atoms with Crippen molar-refractivity contribution in [2.75, 3.05) is 19.8 Å². The van der Waals surface area contributed by atoms with Crippen LogP contribution in [0.15, 0.2) is 6.07 Å². The summed E-state index contributed by atoms with van der Waals surface area (Å²) in [5.41, 5.74) is 0.836. The molecule has 0 bridgehead atoms. The van der Waals surface area contributed by atoms with Gasteiger partial charge in [0.1, 0.15) is 0 Å². The van der Waals surface area contributed by atoms with Crippen molar-refractivity contribution < 1.29 is 19.0 Å². The predicted octanol–water partition coefficient (Wildman–Crippen LogP) is 1.66. The topological polar surface area (TPSA) is 73.4 Å². The average molecular weight is 242 g/mol. The molecule has 1 heterocycles. The van der Waals surface area contributed by atoms with E-state index < -0.39 is 12.3 Å². The summed E-state index contributed by atoms with van der Waals surface area (Å²) in [7, 11) is 0. The number of nitrogens with one attached hydrogen (secondary N) is 1. The summed E-state index contributed by atoms with van der Waals surface area (Å²) in [5.74, 6) is -0.457. The summed E-state index contributed by atoms with van der Waals surface area (Å²) in [6, 6.07) is 1.58. The molecule has 1 aromatic rings. The second-order valence-electron chi connectivity index (χ2n) is 3.17. The maximum atomic E-state index is 11.4. The van der Waals surface area contributed by atoms with Crippen molar-refractivity contribution in [2.24, 2.45) is 0 Å². The normalized spacial score (nSPS) is 10.8. The largest absolute Gasteiger partial charge is 0.461 e. The van der Waals surface area contributed by atoms with Crippen molar-refractivity contribution >= 4 is 5.97 Å². The molecular formula is C11H18N2O4. The van der Waals surface area contributed by atoms with Crippen molar-refractivity contribution in [1.29, 1.82) is 0 Å². The first-order valence-corrected chi connectivity index (χ1v) is 5.68. The van der Waals surface area contributed by atoms with E-state index in [2.05, 4.69) is 10.2 Å². The Hall–Kier alpha value is -1.40. The number of ether oxygens (including phenoxy) is 3. The first-order chi connectivity index (χ1) is 8.22. The molecule has 96 valence electrons. The molecule has 1 aromatic heterocycles. The molecule has 0 saturated carbocycles. The standard InChI is InChI=1S/C11H18N2O4/c1-4-15-10(14)8-7-9(13-12-8)11(16-5-2)17-6-3/h7,11H,4-6H2,1-3H3,(H,12,13).